The van der Waals surface area contributed by atoms with Crippen LogP contribution in [0.25, 0.3) is 0 Å². The van der Waals surface area contributed by atoms with Gasteiger partial charge in [-0.15, -0.1) is 0 Å². The third-order valence-corrected chi connectivity index (χ3v) is 1.75. The van der Waals surface area contributed by atoms with Gasteiger partial charge in [-0.05, 0) is 12.1 Å². The molecule has 0 aliphatic rings. The highest BCUT2D eigenvalue weighted by molar-refractivity contribution is 5.45. The Morgan fingerprint density at radius 3 is 2.93 bits per heavy atom. The van der Waals surface area contributed by atoms with E-state index >= 15 is 0 Å². The van der Waals surface area contributed by atoms with Crippen LogP contribution in [0.4, 0.5) is 11.5 Å². The molecule has 0 radical (unpaired) electrons. The molecule has 0 fully saturated rings. The molecular weight excluding hydrogens is 182 g/mol. The highest BCUT2D eigenvalue weighted by atomic mass is 16.5. The SMILES string of the molecule is COCC(CO)Nc1ccc(N)nc1. The highest BCUT2D eigenvalue weighted by Crippen LogP contribution is 2.08. The molecule has 78 valence electrons. The van der Waals surface area contributed by atoms with E-state index in [1.807, 2.05) is 0 Å². The van der Waals surface area contributed by atoms with E-state index in [-0.39, 0.29) is 12.6 Å². The normalized spacial score (nSPS) is 12.4. The van der Waals surface area contributed by atoms with Crippen LogP contribution in [0.15, 0.2) is 18.3 Å². The number of aromatic nitrogens is 1. The van der Waals surface area contributed by atoms with Crippen molar-refractivity contribution in [3.8, 4) is 0 Å². The maximum absolute atomic E-state index is 8.99. The van der Waals surface area contributed by atoms with Crippen LogP contribution in [0.3, 0.4) is 0 Å². The molecule has 0 saturated heterocycles. The Bertz CT molecular complexity index is 263. The van der Waals surface area contributed by atoms with Crippen molar-refractivity contribution in [2.45, 2.75) is 6.04 Å². The first-order chi connectivity index (χ1) is 6.76. The van der Waals surface area contributed by atoms with Gasteiger partial charge in [0.15, 0.2) is 0 Å². The number of aliphatic hydroxyl groups is 1. The number of nitrogens with one attached hydrogen (secondary N) is 1. The van der Waals surface area contributed by atoms with Gasteiger partial charge in [0.1, 0.15) is 5.82 Å². The van der Waals surface area contributed by atoms with E-state index in [1.165, 1.54) is 0 Å². The number of methoxy groups -OCH3 is 1. The quantitative estimate of drug-likeness (QED) is 0.623. The standard InChI is InChI=1S/C9H15N3O2/c1-14-6-8(5-13)12-7-2-3-9(10)11-4-7/h2-4,8,12-13H,5-6H2,1H3,(H2,10,11). The number of anilines is 2. The lowest BCUT2D eigenvalue weighted by molar-refractivity contribution is 0.153. The lowest BCUT2D eigenvalue weighted by Crippen LogP contribution is -2.28. The smallest absolute Gasteiger partial charge is 0.123 e. The molecule has 1 heterocycles. The number of nitrogens with two attached hydrogens (primary N) is 1. The van der Waals surface area contributed by atoms with Crippen LogP contribution in [0.1, 0.15) is 0 Å². The largest absolute Gasteiger partial charge is 0.394 e. The summed E-state index contributed by atoms with van der Waals surface area (Å²) in [4.78, 5) is 3.92. The maximum Gasteiger partial charge on any atom is 0.123 e. The second-order valence-electron chi connectivity index (χ2n) is 2.95. The second-order valence-corrected chi connectivity index (χ2v) is 2.95. The minimum Gasteiger partial charge on any atom is -0.394 e. The molecule has 0 bridgehead atoms. The summed E-state index contributed by atoms with van der Waals surface area (Å²) in [5.74, 6) is 0.475. The van der Waals surface area contributed by atoms with Gasteiger partial charge in [0.2, 0.25) is 0 Å². The first-order valence-corrected chi connectivity index (χ1v) is 4.34. The molecule has 0 aromatic carbocycles. The zero-order valence-corrected chi connectivity index (χ0v) is 8.10. The van der Waals surface area contributed by atoms with E-state index < -0.39 is 0 Å². The topological polar surface area (TPSA) is 80.4 Å². The average Bonchev–Trinajstić information content (AvgIpc) is 2.20. The molecule has 0 amide bonds. The summed E-state index contributed by atoms with van der Waals surface area (Å²) < 4.78 is 4.92. The zero-order chi connectivity index (χ0) is 10.4. The van der Waals surface area contributed by atoms with Gasteiger partial charge in [0.25, 0.3) is 0 Å². The number of hydrogen-bond donors (Lipinski definition) is 3. The lowest BCUT2D eigenvalue weighted by Gasteiger charge is -2.16. The van der Waals surface area contributed by atoms with Crippen molar-refractivity contribution in [1.82, 2.24) is 4.98 Å². The molecule has 1 aromatic rings. The monoisotopic (exact) mass is 197 g/mol. The van der Waals surface area contributed by atoms with Crippen molar-refractivity contribution in [1.29, 1.82) is 0 Å². The minimum absolute atomic E-state index is 0.0121. The fourth-order valence-electron chi connectivity index (χ4n) is 1.07. The summed E-state index contributed by atoms with van der Waals surface area (Å²) >= 11 is 0. The first kappa shape index (κ1) is 10.7. The number of ether oxygens (including phenoxy) is 1. The maximum atomic E-state index is 8.99. The van der Waals surface area contributed by atoms with Crippen molar-refractivity contribution in [2.24, 2.45) is 0 Å². The Hall–Kier alpha value is -1.33. The number of nitrogens with zero attached hydrogens (tertiary/aromatic N) is 1. The van der Waals surface area contributed by atoms with Crippen LogP contribution in [0.5, 0.6) is 0 Å². The van der Waals surface area contributed by atoms with E-state index in [4.69, 9.17) is 15.6 Å². The molecule has 0 aliphatic heterocycles. The molecular formula is C9H15N3O2. The lowest BCUT2D eigenvalue weighted by atomic mass is 10.3. The van der Waals surface area contributed by atoms with Crippen LogP contribution in [0, 0.1) is 0 Å². The van der Waals surface area contributed by atoms with Gasteiger partial charge in [-0.1, -0.05) is 0 Å². The molecule has 14 heavy (non-hydrogen) atoms. The van der Waals surface area contributed by atoms with Crippen LogP contribution in [-0.2, 0) is 4.74 Å². The second kappa shape index (κ2) is 5.41. The Morgan fingerprint density at radius 2 is 2.43 bits per heavy atom. The summed E-state index contributed by atoms with van der Waals surface area (Å²) in [6.45, 7) is 0.457. The third-order valence-electron chi connectivity index (χ3n) is 1.75. The van der Waals surface area contributed by atoms with Crippen LogP contribution in [0.2, 0.25) is 0 Å². The Kier molecular flexibility index (Phi) is 4.15. The van der Waals surface area contributed by atoms with Gasteiger partial charge in [-0.2, -0.15) is 0 Å². The van der Waals surface area contributed by atoms with Crippen LogP contribution in [-0.4, -0.2) is 36.5 Å². The molecule has 0 saturated carbocycles. The van der Waals surface area contributed by atoms with E-state index in [2.05, 4.69) is 10.3 Å². The van der Waals surface area contributed by atoms with E-state index in [1.54, 1.807) is 25.4 Å². The third kappa shape index (κ3) is 3.20. The molecule has 0 spiro atoms. The molecule has 5 nitrogen and oxygen atoms in total. The fourth-order valence-corrected chi connectivity index (χ4v) is 1.07. The Balaban J connectivity index is 2.53. The minimum atomic E-state index is -0.120. The van der Waals surface area contributed by atoms with E-state index in [9.17, 15) is 0 Å². The van der Waals surface area contributed by atoms with E-state index in [0.717, 1.165) is 5.69 Å². The van der Waals surface area contributed by atoms with Gasteiger partial charge < -0.3 is 20.9 Å². The van der Waals surface area contributed by atoms with Gasteiger partial charge in [-0.3, -0.25) is 0 Å². The summed E-state index contributed by atoms with van der Waals surface area (Å²) in [7, 11) is 1.59. The summed E-state index contributed by atoms with van der Waals surface area (Å²) in [6, 6.07) is 3.38. The van der Waals surface area contributed by atoms with Gasteiger partial charge in [-0.25, -0.2) is 4.98 Å². The predicted octanol–water partition coefficient (Wildman–Crippen LogP) is 0.0830. The van der Waals surface area contributed by atoms with Crippen LogP contribution >= 0.6 is 0 Å². The summed E-state index contributed by atoms with van der Waals surface area (Å²) in [5, 5.41) is 12.0. The number of nitrogen functional groups attached to an aromatic ring is 1. The molecule has 4 N–H and O–H groups in total. The number of aliphatic hydroxyl groups excluding tert-OH is 1. The molecule has 0 aliphatic carbocycles. The average molecular weight is 197 g/mol. The number of rotatable bonds is 5. The zero-order valence-electron chi connectivity index (χ0n) is 8.10. The van der Waals surface area contributed by atoms with Crippen molar-refractivity contribution in [3.63, 3.8) is 0 Å². The first-order valence-electron chi connectivity index (χ1n) is 4.34. The highest BCUT2D eigenvalue weighted by Gasteiger charge is 2.05. The molecule has 1 unspecified atom stereocenters. The van der Waals surface area contributed by atoms with Gasteiger partial charge >= 0.3 is 0 Å². The van der Waals surface area contributed by atoms with Crippen molar-refractivity contribution in [2.75, 3.05) is 31.4 Å². The number of pyridine rings is 1. The van der Waals surface area contributed by atoms with Gasteiger partial charge in [0.05, 0.1) is 31.1 Å². The number of hydrogen-bond acceptors (Lipinski definition) is 5. The van der Waals surface area contributed by atoms with Crippen molar-refractivity contribution >= 4 is 11.5 Å². The Labute approximate surface area is 82.9 Å². The summed E-state index contributed by atoms with van der Waals surface area (Å²) in [5.41, 5.74) is 6.25. The summed E-state index contributed by atoms with van der Waals surface area (Å²) in [6.07, 6.45) is 1.62. The molecule has 1 atom stereocenters. The molecule has 1 aromatic heterocycles. The van der Waals surface area contributed by atoms with Crippen LogP contribution < -0.4 is 11.1 Å². The van der Waals surface area contributed by atoms with Gasteiger partial charge in [0, 0.05) is 7.11 Å². The van der Waals surface area contributed by atoms with Crippen molar-refractivity contribution < 1.29 is 9.84 Å². The molecule has 5 heteroatoms. The predicted molar refractivity (Wildman–Crippen MR) is 55.0 cm³/mol. The van der Waals surface area contributed by atoms with E-state index in [0.29, 0.717) is 12.4 Å². The fraction of sp³-hybridized carbons (Fsp3) is 0.444. The van der Waals surface area contributed by atoms with Crippen molar-refractivity contribution in [3.05, 3.63) is 18.3 Å². The molecule has 1 rings (SSSR count). The Morgan fingerprint density at radius 1 is 1.64 bits per heavy atom.